The number of hydrogen-bond acceptors (Lipinski definition) is 5. The molecule has 0 aliphatic heterocycles. The monoisotopic (exact) mass is 499 g/mol. The van der Waals surface area contributed by atoms with E-state index < -0.39 is 17.6 Å². The Balaban J connectivity index is 1.78. The number of halogens is 2. The summed E-state index contributed by atoms with van der Waals surface area (Å²) in [6, 6.07) is 15.3. The molecule has 0 radical (unpaired) electrons. The van der Waals surface area contributed by atoms with Crippen LogP contribution in [-0.2, 0) is 0 Å². The Labute approximate surface area is 192 Å². The largest absolute Gasteiger partial charge is 0.493 e. The van der Waals surface area contributed by atoms with Crippen LogP contribution < -0.4 is 20.2 Å². The van der Waals surface area contributed by atoms with Crippen molar-refractivity contribution >= 4 is 39.6 Å². The average molecular weight is 500 g/mol. The molecule has 0 aromatic heterocycles. The molecule has 0 atom stereocenters. The second-order valence-electron chi connectivity index (χ2n) is 6.47. The highest BCUT2D eigenvalue weighted by Crippen LogP contribution is 2.28. The van der Waals surface area contributed by atoms with E-state index in [0.717, 1.165) is 0 Å². The number of benzene rings is 3. The summed E-state index contributed by atoms with van der Waals surface area (Å²) in [5, 5.41) is 6.58. The van der Waals surface area contributed by atoms with Crippen LogP contribution in [0.5, 0.6) is 11.5 Å². The third-order valence-electron chi connectivity index (χ3n) is 4.35. The molecular weight excluding hydrogens is 481 g/mol. The fraction of sp³-hybridized carbons (Fsp3) is 0.0870. The Hall–Kier alpha value is -3.72. The molecule has 7 nitrogen and oxygen atoms in total. The minimum atomic E-state index is -0.554. The van der Waals surface area contributed by atoms with Crippen molar-refractivity contribution in [2.45, 2.75) is 0 Å². The zero-order valence-electron chi connectivity index (χ0n) is 17.2. The zero-order valence-corrected chi connectivity index (χ0v) is 18.8. The molecule has 0 aliphatic carbocycles. The van der Waals surface area contributed by atoms with Gasteiger partial charge in [0.1, 0.15) is 5.82 Å². The number of carbonyl (C=O) groups excluding carboxylic acids is 2. The smallest absolute Gasteiger partial charge is 0.273 e. The minimum absolute atomic E-state index is 0.185. The van der Waals surface area contributed by atoms with Crippen LogP contribution in [-0.4, -0.2) is 32.2 Å². The zero-order chi connectivity index (χ0) is 23.1. The Morgan fingerprint density at radius 3 is 2.47 bits per heavy atom. The molecule has 164 valence electrons. The van der Waals surface area contributed by atoms with E-state index in [-0.39, 0.29) is 11.3 Å². The van der Waals surface area contributed by atoms with Crippen molar-refractivity contribution in [2.24, 2.45) is 5.10 Å². The SMILES string of the molecule is COc1ccc(C(=O)Nc2ccc(Br)cc2C(=O)N/N=C/c2cccc(F)c2)cc1OC. The van der Waals surface area contributed by atoms with E-state index >= 15 is 0 Å². The molecule has 0 unspecified atom stereocenters. The van der Waals surface area contributed by atoms with Gasteiger partial charge in [-0.2, -0.15) is 5.10 Å². The minimum Gasteiger partial charge on any atom is -0.493 e. The predicted molar refractivity (Wildman–Crippen MR) is 123 cm³/mol. The van der Waals surface area contributed by atoms with Gasteiger partial charge in [0.25, 0.3) is 11.8 Å². The summed E-state index contributed by atoms with van der Waals surface area (Å²) in [5.41, 5.74) is 3.66. The van der Waals surface area contributed by atoms with Gasteiger partial charge in [0, 0.05) is 10.0 Å². The number of nitrogens with zero attached hydrogens (tertiary/aromatic N) is 1. The number of anilines is 1. The highest BCUT2D eigenvalue weighted by molar-refractivity contribution is 9.10. The van der Waals surface area contributed by atoms with Gasteiger partial charge in [0.15, 0.2) is 11.5 Å². The van der Waals surface area contributed by atoms with E-state index in [1.54, 1.807) is 36.4 Å². The lowest BCUT2D eigenvalue weighted by Gasteiger charge is -2.12. The van der Waals surface area contributed by atoms with Gasteiger partial charge >= 0.3 is 0 Å². The first-order valence-corrected chi connectivity index (χ1v) is 10.1. The van der Waals surface area contributed by atoms with Crippen molar-refractivity contribution in [3.05, 3.63) is 87.6 Å². The van der Waals surface area contributed by atoms with Crippen molar-refractivity contribution < 1.29 is 23.5 Å². The number of nitrogens with one attached hydrogen (secondary N) is 2. The topological polar surface area (TPSA) is 89.0 Å². The molecule has 32 heavy (non-hydrogen) atoms. The van der Waals surface area contributed by atoms with Gasteiger partial charge in [-0.25, -0.2) is 9.82 Å². The molecule has 3 aromatic rings. The number of hydrazone groups is 1. The average Bonchev–Trinajstić information content (AvgIpc) is 2.79. The van der Waals surface area contributed by atoms with Crippen molar-refractivity contribution in [1.29, 1.82) is 0 Å². The maximum Gasteiger partial charge on any atom is 0.273 e. The second kappa shape index (κ2) is 10.5. The summed E-state index contributed by atoms with van der Waals surface area (Å²) in [5.74, 6) is -0.510. The summed E-state index contributed by atoms with van der Waals surface area (Å²) in [6.45, 7) is 0. The number of amides is 2. The fourth-order valence-electron chi connectivity index (χ4n) is 2.80. The maximum atomic E-state index is 13.3. The molecule has 9 heteroatoms. The standard InChI is InChI=1S/C23H19BrFN3O4/c1-31-20-9-6-15(11-21(20)32-2)22(29)27-19-8-7-16(24)12-18(19)23(30)28-26-13-14-4-3-5-17(25)10-14/h3-13H,1-2H3,(H,27,29)(H,28,30)/b26-13+. The van der Waals surface area contributed by atoms with Gasteiger partial charge in [-0.05, 0) is 54.1 Å². The molecule has 3 aromatic carbocycles. The fourth-order valence-corrected chi connectivity index (χ4v) is 3.16. The van der Waals surface area contributed by atoms with Crippen LogP contribution in [0.4, 0.5) is 10.1 Å². The van der Waals surface area contributed by atoms with Crippen LogP contribution in [0.2, 0.25) is 0 Å². The predicted octanol–water partition coefficient (Wildman–Crippen LogP) is 4.62. The first-order valence-electron chi connectivity index (χ1n) is 9.33. The molecule has 0 heterocycles. The first kappa shape index (κ1) is 23.0. The molecule has 3 rings (SSSR count). The number of ether oxygens (including phenoxy) is 2. The lowest BCUT2D eigenvalue weighted by atomic mass is 10.1. The van der Waals surface area contributed by atoms with Gasteiger partial charge in [-0.15, -0.1) is 0 Å². The van der Waals surface area contributed by atoms with Crippen LogP contribution in [0.15, 0.2) is 70.2 Å². The lowest BCUT2D eigenvalue weighted by Crippen LogP contribution is -2.21. The molecule has 0 fully saturated rings. The van der Waals surface area contributed by atoms with E-state index in [2.05, 4.69) is 31.8 Å². The Morgan fingerprint density at radius 1 is 0.969 bits per heavy atom. The van der Waals surface area contributed by atoms with Crippen LogP contribution in [0.3, 0.4) is 0 Å². The third kappa shape index (κ3) is 5.70. The first-order chi connectivity index (χ1) is 15.4. The highest BCUT2D eigenvalue weighted by Gasteiger charge is 2.16. The van der Waals surface area contributed by atoms with E-state index in [9.17, 15) is 14.0 Å². The van der Waals surface area contributed by atoms with Gasteiger partial charge < -0.3 is 14.8 Å². The van der Waals surface area contributed by atoms with Crippen molar-refractivity contribution in [1.82, 2.24) is 5.43 Å². The number of methoxy groups -OCH3 is 2. The number of rotatable bonds is 7. The van der Waals surface area contributed by atoms with Gasteiger partial charge in [0.2, 0.25) is 0 Å². The molecule has 0 aliphatic rings. The van der Waals surface area contributed by atoms with E-state index in [1.165, 1.54) is 44.7 Å². The quantitative estimate of drug-likeness (QED) is 0.366. The number of hydrogen-bond donors (Lipinski definition) is 2. The summed E-state index contributed by atoms with van der Waals surface area (Å²) >= 11 is 3.32. The van der Waals surface area contributed by atoms with E-state index in [4.69, 9.17) is 9.47 Å². The van der Waals surface area contributed by atoms with Crippen LogP contribution in [0.1, 0.15) is 26.3 Å². The Morgan fingerprint density at radius 2 is 1.75 bits per heavy atom. The lowest BCUT2D eigenvalue weighted by molar-refractivity contribution is 0.0956. The molecule has 2 amide bonds. The van der Waals surface area contributed by atoms with Gasteiger partial charge in [-0.3, -0.25) is 9.59 Å². The second-order valence-corrected chi connectivity index (χ2v) is 7.38. The molecule has 0 saturated carbocycles. The molecule has 0 spiro atoms. The van der Waals surface area contributed by atoms with E-state index in [0.29, 0.717) is 27.1 Å². The summed E-state index contributed by atoms with van der Waals surface area (Å²) in [6.07, 6.45) is 1.32. The molecule has 2 N–H and O–H groups in total. The van der Waals surface area contributed by atoms with Crippen LogP contribution in [0, 0.1) is 5.82 Å². The van der Waals surface area contributed by atoms with Crippen molar-refractivity contribution in [3.63, 3.8) is 0 Å². The third-order valence-corrected chi connectivity index (χ3v) is 4.84. The van der Waals surface area contributed by atoms with Crippen molar-refractivity contribution in [2.75, 3.05) is 19.5 Å². The van der Waals surface area contributed by atoms with Gasteiger partial charge in [0.05, 0.1) is 31.7 Å². The number of carbonyl (C=O) groups is 2. The summed E-state index contributed by atoms with van der Waals surface area (Å²) < 4.78 is 24.3. The summed E-state index contributed by atoms with van der Waals surface area (Å²) in [4.78, 5) is 25.4. The van der Waals surface area contributed by atoms with Gasteiger partial charge in [-0.1, -0.05) is 28.1 Å². The summed E-state index contributed by atoms with van der Waals surface area (Å²) in [7, 11) is 2.97. The van der Waals surface area contributed by atoms with Crippen LogP contribution in [0.25, 0.3) is 0 Å². The van der Waals surface area contributed by atoms with E-state index in [1.807, 2.05) is 0 Å². The Bertz CT molecular complexity index is 1180. The normalized spacial score (nSPS) is 10.6. The maximum absolute atomic E-state index is 13.3. The molecule has 0 bridgehead atoms. The Kier molecular flexibility index (Phi) is 7.56. The highest BCUT2D eigenvalue weighted by atomic mass is 79.9. The van der Waals surface area contributed by atoms with Crippen molar-refractivity contribution in [3.8, 4) is 11.5 Å². The molecular formula is C23H19BrFN3O4. The van der Waals surface area contributed by atoms with Crippen LogP contribution >= 0.6 is 15.9 Å². The molecule has 0 saturated heterocycles.